The first-order chi connectivity index (χ1) is 13.1. The number of hydrogen-bond acceptors (Lipinski definition) is 4. The summed E-state index contributed by atoms with van der Waals surface area (Å²) in [6.07, 6.45) is 4.38. The molecule has 0 saturated heterocycles. The van der Waals surface area contributed by atoms with Crippen molar-refractivity contribution in [2.24, 2.45) is 0 Å². The SMILES string of the molecule is O=C(C=Cc1ccco1)Nc1ccc2c(c1)C(=O)N(c1ccccc1)C2=O. The van der Waals surface area contributed by atoms with Crippen LogP contribution in [0.25, 0.3) is 6.08 Å². The normalized spacial score (nSPS) is 13.3. The van der Waals surface area contributed by atoms with Crippen LogP contribution in [-0.2, 0) is 4.79 Å². The third-order valence-corrected chi connectivity index (χ3v) is 4.11. The molecule has 1 N–H and O–H groups in total. The summed E-state index contributed by atoms with van der Waals surface area (Å²) in [4.78, 5) is 38.4. The molecule has 1 aliphatic rings. The Morgan fingerprint density at radius 2 is 1.70 bits per heavy atom. The van der Waals surface area contributed by atoms with E-state index in [0.29, 0.717) is 22.7 Å². The van der Waals surface area contributed by atoms with Crippen molar-refractivity contribution in [2.75, 3.05) is 10.2 Å². The molecule has 1 aromatic heterocycles. The van der Waals surface area contributed by atoms with Crippen molar-refractivity contribution in [3.8, 4) is 0 Å². The summed E-state index contributed by atoms with van der Waals surface area (Å²) in [5.41, 5.74) is 1.51. The van der Waals surface area contributed by atoms with E-state index in [1.54, 1.807) is 48.5 Å². The van der Waals surface area contributed by atoms with Crippen LogP contribution in [-0.4, -0.2) is 17.7 Å². The Hall–Kier alpha value is -3.93. The molecule has 0 unspecified atom stereocenters. The summed E-state index contributed by atoms with van der Waals surface area (Å²) in [5, 5.41) is 2.67. The molecule has 0 fully saturated rings. The number of benzene rings is 2. The summed E-state index contributed by atoms with van der Waals surface area (Å²) >= 11 is 0. The molecule has 2 heterocycles. The van der Waals surface area contributed by atoms with Gasteiger partial charge in [0.15, 0.2) is 0 Å². The van der Waals surface area contributed by atoms with E-state index in [2.05, 4.69) is 5.32 Å². The topological polar surface area (TPSA) is 79.6 Å². The fourth-order valence-electron chi connectivity index (χ4n) is 2.86. The number of carbonyl (C=O) groups is 3. The Morgan fingerprint density at radius 3 is 2.44 bits per heavy atom. The van der Waals surface area contributed by atoms with Crippen LogP contribution < -0.4 is 10.2 Å². The van der Waals surface area contributed by atoms with Crippen LogP contribution in [0.4, 0.5) is 11.4 Å². The first-order valence-electron chi connectivity index (χ1n) is 8.24. The second-order valence-electron chi connectivity index (χ2n) is 5.88. The molecule has 3 amide bonds. The summed E-state index contributed by atoms with van der Waals surface area (Å²) in [6, 6.07) is 16.8. The maximum absolute atomic E-state index is 12.7. The van der Waals surface area contributed by atoms with Crippen LogP contribution in [0, 0.1) is 0 Å². The number of fused-ring (bicyclic) bond motifs is 1. The van der Waals surface area contributed by atoms with Gasteiger partial charge in [0.05, 0.1) is 23.1 Å². The molecule has 27 heavy (non-hydrogen) atoms. The maximum Gasteiger partial charge on any atom is 0.266 e. The average molecular weight is 358 g/mol. The first-order valence-corrected chi connectivity index (χ1v) is 8.24. The minimum Gasteiger partial charge on any atom is -0.465 e. The third-order valence-electron chi connectivity index (χ3n) is 4.11. The second-order valence-corrected chi connectivity index (χ2v) is 5.88. The Bertz CT molecular complexity index is 1050. The van der Waals surface area contributed by atoms with Crippen molar-refractivity contribution in [1.82, 2.24) is 0 Å². The lowest BCUT2D eigenvalue weighted by Crippen LogP contribution is -2.29. The predicted molar refractivity (Wildman–Crippen MR) is 100 cm³/mol. The zero-order valence-electron chi connectivity index (χ0n) is 14.1. The zero-order valence-corrected chi connectivity index (χ0v) is 14.1. The number of carbonyl (C=O) groups excluding carboxylic acids is 3. The Labute approximate surface area is 154 Å². The standard InChI is InChI=1S/C21H14N2O4/c24-19(11-9-16-7-4-12-27-16)22-14-8-10-17-18(13-14)21(26)23(20(17)25)15-5-2-1-3-6-15/h1-13H,(H,22,24). The van der Waals surface area contributed by atoms with E-state index in [1.807, 2.05) is 6.07 Å². The van der Waals surface area contributed by atoms with Crippen LogP contribution in [0.5, 0.6) is 0 Å². The molecule has 0 saturated carbocycles. The van der Waals surface area contributed by atoms with Crippen molar-refractivity contribution in [3.05, 3.63) is 89.9 Å². The molecular formula is C21H14N2O4. The fourth-order valence-corrected chi connectivity index (χ4v) is 2.86. The summed E-state index contributed by atoms with van der Waals surface area (Å²) in [5.74, 6) is -0.610. The molecule has 0 spiro atoms. The molecule has 0 atom stereocenters. The van der Waals surface area contributed by atoms with Crippen molar-refractivity contribution in [3.63, 3.8) is 0 Å². The molecule has 0 radical (unpaired) electrons. The van der Waals surface area contributed by atoms with Gasteiger partial charge in [-0.2, -0.15) is 0 Å². The fraction of sp³-hybridized carbons (Fsp3) is 0. The van der Waals surface area contributed by atoms with Crippen LogP contribution in [0.3, 0.4) is 0 Å². The lowest BCUT2D eigenvalue weighted by atomic mass is 10.1. The first kappa shape index (κ1) is 16.5. The van der Waals surface area contributed by atoms with E-state index in [9.17, 15) is 14.4 Å². The summed E-state index contributed by atoms with van der Waals surface area (Å²) in [6.45, 7) is 0. The highest BCUT2D eigenvalue weighted by Crippen LogP contribution is 2.30. The number of imide groups is 1. The van der Waals surface area contributed by atoms with Gasteiger partial charge in [-0.1, -0.05) is 18.2 Å². The smallest absolute Gasteiger partial charge is 0.266 e. The van der Waals surface area contributed by atoms with Crippen LogP contribution in [0.1, 0.15) is 26.5 Å². The highest BCUT2D eigenvalue weighted by atomic mass is 16.3. The predicted octanol–water partition coefficient (Wildman–Crippen LogP) is 3.73. The van der Waals surface area contributed by atoms with Gasteiger partial charge in [-0.15, -0.1) is 0 Å². The molecule has 6 nitrogen and oxygen atoms in total. The van der Waals surface area contributed by atoms with Crippen molar-refractivity contribution >= 4 is 35.2 Å². The van der Waals surface area contributed by atoms with E-state index >= 15 is 0 Å². The molecule has 6 heteroatoms. The molecule has 2 aromatic carbocycles. The Balaban J connectivity index is 1.55. The largest absolute Gasteiger partial charge is 0.465 e. The highest BCUT2D eigenvalue weighted by Gasteiger charge is 2.36. The molecule has 0 aliphatic carbocycles. The number of hydrogen-bond donors (Lipinski definition) is 1. The molecule has 4 rings (SSSR count). The average Bonchev–Trinajstić information content (AvgIpc) is 3.28. The third kappa shape index (κ3) is 3.16. The molecular weight excluding hydrogens is 344 g/mol. The minimum atomic E-state index is -0.413. The summed E-state index contributed by atoms with van der Waals surface area (Å²) < 4.78 is 5.12. The Kier molecular flexibility index (Phi) is 4.14. The van der Waals surface area contributed by atoms with Gasteiger partial charge in [-0.25, -0.2) is 4.90 Å². The number of anilines is 2. The lowest BCUT2D eigenvalue weighted by Gasteiger charge is -2.13. The molecule has 1 aliphatic heterocycles. The van der Waals surface area contributed by atoms with Gasteiger partial charge in [0.1, 0.15) is 5.76 Å². The van der Waals surface area contributed by atoms with Crippen LogP contribution >= 0.6 is 0 Å². The van der Waals surface area contributed by atoms with Crippen LogP contribution in [0.15, 0.2) is 77.4 Å². The van der Waals surface area contributed by atoms with E-state index < -0.39 is 5.91 Å². The number of amides is 3. The molecule has 132 valence electrons. The monoisotopic (exact) mass is 358 g/mol. The van der Waals surface area contributed by atoms with Crippen LogP contribution in [0.2, 0.25) is 0 Å². The van der Waals surface area contributed by atoms with E-state index in [1.165, 1.54) is 24.5 Å². The number of para-hydroxylation sites is 1. The highest BCUT2D eigenvalue weighted by molar-refractivity contribution is 6.34. The van der Waals surface area contributed by atoms with Gasteiger partial charge in [0, 0.05) is 11.8 Å². The van der Waals surface area contributed by atoms with Crippen molar-refractivity contribution < 1.29 is 18.8 Å². The quantitative estimate of drug-likeness (QED) is 0.569. The van der Waals surface area contributed by atoms with Gasteiger partial charge in [-0.05, 0) is 48.5 Å². The second kappa shape index (κ2) is 6.76. The lowest BCUT2D eigenvalue weighted by molar-refractivity contribution is -0.111. The van der Waals surface area contributed by atoms with E-state index in [-0.39, 0.29) is 17.4 Å². The number of nitrogens with one attached hydrogen (secondary N) is 1. The zero-order chi connectivity index (χ0) is 18.8. The van der Waals surface area contributed by atoms with Crippen molar-refractivity contribution in [1.29, 1.82) is 0 Å². The van der Waals surface area contributed by atoms with Gasteiger partial charge >= 0.3 is 0 Å². The maximum atomic E-state index is 12.7. The van der Waals surface area contributed by atoms with Gasteiger partial charge in [0.2, 0.25) is 5.91 Å². The molecule has 3 aromatic rings. The summed E-state index contributed by atoms with van der Waals surface area (Å²) in [7, 11) is 0. The number of rotatable bonds is 4. The van der Waals surface area contributed by atoms with E-state index in [4.69, 9.17) is 4.42 Å². The number of furan rings is 1. The van der Waals surface area contributed by atoms with Gasteiger partial charge in [0.25, 0.3) is 11.8 Å². The Morgan fingerprint density at radius 1 is 0.926 bits per heavy atom. The van der Waals surface area contributed by atoms with Gasteiger partial charge in [-0.3, -0.25) is 14.4 Å². The van der Waals surface area contributed by atoms with E-state index in [0.717, 1.165) is 4.90 Å². The molecule has 0 bridgehead atoms. The van der Waals surface area contributed by atoms with Gasteiger partial charge < -0.3 is 9.73 Å². The van der Waals surface area contributed by atoms with Crippen molar-refractivity contribution in [2.45, 2.75) is 0 Å². The number of nitrogens with zero attached hydrogens (tertiary/aromatic N) is 1. The minimum absolute atomic E-state index is 0.261.